The van der Waals surface area contributed by atoms with Gasteiger partial charge >= 0.3 is 0 Å². The van der Waals surface area contributed by atoms with E-state index in [1.165, 1.54) is 35.5 Å². The SMILES string of the molecule is CC(=O)c1ccc(S(=O)(=O)N2CCC(C(=O)NCCCN)CC2)cc1.Cl. The minimum atomic E-state index is -3.60. The molecule has 1 saturated heterocycles. The number of ketones is 1. The highest BCUT2D eigenvalue weighted by atomic mass is 35.5. The molecule has 0 aromatic heterocycles. The maximum absolute atomic E-state index is 12.7. The summed E-state index contributed by atoms with van der Waals surface area (Å²) in [6, 6.07) is 5.95. The van der Waals surface area contributed by atoms with E-state index < -0.39 is 10.0 Å². The first kappa shape index (κ1) is 22.6. The van der Waals surface area contributed by atoms with Crippen LogP contribution in [0.4, 0.5) is 0 Å². The molecule has 1 aliphatic heterocycles. The van der Waals surface area contributed by atoms with Crippen molar-refractivity contribution in [3.05, 3.63) is 29.8 Å². The third-order valence-electron chi connectivity index (χ3n) is 4.40. The van der Waals surface area contributed by atoms with E-state index in [-0.39, 0.29) is 34.9 Å². The lowest BCUT2D eigenvalue weighted by atomic mass is 9.97. The number of rotatable bonds is 7. The second kappa shape index (κ2) is 10.0. The Morgan fingerprint density at radius 3 is 2.27 bits per heavy atom. The van der Waals surface area contributed by atoms with Gasteiger partial charge in [0.2, 0.25) is 15.9 Å². The summed E-state index contributed by atoms with van der Waals surface area (Å²) in [5.41, 5.74) is 5.88. The maximum atomic E-state index is 12.7. The molecular weight excluding hydrogens is 378 g/mol. The predicted octanol–water partition coefficient (Wildman–Crippen LogP) is 1.18. The Hall–Kier alpha value is -1.48. The van der Waals surface area contributed by atoms with Crippen LogP contribution < -0.4 is 11.1 Å². The van der Waals surface area contributed by atoms with E-state index in [0.717, 1.165) is 6.42 Å². The van der Waals surface area contributed by atoms with Crippen molar-refractivity contribution < 1.29 is 18.0 Å². The fourth-order valence-corrected chi connectivity index (χ4v) is 4.30. The molecular formula is C17H26ClN3O4S. The molecule has 0 aliphatic carbocycles. The van der Waals surface area contributed by atoms with Gasteiger partial charge in [-0.1, -0.05) is 12.1 Å². The van der Waals surface area contributed by atoms with Crippen molar-refractivity contribution >= 4 is 34.1 Å². The number of sulfonamides is 1. The molecule has 0 bridgehead atoms. The first-order chi connectivity index (χ1) is 11.9. The van der Waals surface area contributed by atoms with E-state index in [0.29, 0.717) is 44.6 Å². The van der Waals surface area contributed by atoms with E-state index in [2.05, 4.69) is 5.32 Å². The summed E-state index contributed by atoms with van der Waals surface area (Å²) in [7, 11) is -3.60. The number of nitrogens with one attached hydrogen (secondary N) is 1. The number of carbonyl (C=O) groups is 2. The molecule has 1 aromatic carbocycles. The van der Waals surface area contributed by atoms with Gasteiger partial charge in [-0.15, -0.1) is 12.4 Å². The highest BCUT2D eigenvalue weighted by Gasteiger charge is 2.31. The summed E-state index contributed by atoms with van der Waals surface area (Å²) >= 11 is 0. The van der Waals surface area contributed by atoms with Gasteiger partial charge in [0.25, 0.3) is 0 Å². The van der Waals surface area contributed by atoms with Crippen LogP contribution >= 0.6 is 12.4 Å². The lowest BCUT2D eigenvalue weighted by molar-refractivity contribution is -0.126. The lowest BCUT2D eigenvalue weighted by Crippen LogP contribution is -2.43. The van der Waals surface area contributed by atoms with Crippen LogP contribution in [0.25, 0.3) is 0 Å². The van der Waals surface area contributed by atoms with E-state index in [1.54, 1.807) is 0 Å². The quantitative estimate of drug-likeness (QED) is 0.524. The van der Waals surface area contributed by atoms with Crippen LogP contribution in [0.3, 0.4) is 0 Å². The second-order valence-corrected chi connectivity index (χ2v) is 8.13. The standard InChI is InChI=1S/C17H25N3O4S.ClH/c1-13(21)14-3-5-16(6-4-14)25(23,24)20-11-7-15(8-12-20)17(22)19-10-2-9-18;/h3-6,15H,2,7-12,18H2,1H3,(H,19,22);1H. The van der Waals surface area contributed by atoms with Crippen LogP contribution in [-0.2, 0) is 14.8 Å². The van der Waals surface area contributed by atoms with Crippen LogP contribution in [0, 0.1) is 5.92 Å². The summed E-state index contributed by atoms with van der Waals surface area (Å²) in [4.78, 5) is 23.5. The van der Waals surface area contributed by atoms with Crippen molar-refractivity contribution in [2.24, 2.45) is 11.7 Å². The Balaban J connectivity index is 0.00000338. The fourth-order valence-electron chi connectivity index (χ4n) is 2.83. The molecule has 7 nitrogen and oxygen atoms in total. The molecule has 0 unspecified atom stereocenters. The van der Waals surface area contributed by atoms with Crippen LogP contribution in [0.5, 0.6) is 0 Å². The van der Waals surface area contributed by atoms with E-state index in [1.807, 2.05) is 0 Å². The molecule has 0 spiro atoms. The average Bonchev–Trinajstić information content (AvgIpc) is 2.62. The summed E-state index contributed by atoms with van der Waals surface area (Å²) in [5.74, 6) is -0.300. The van der Waals surface area contributed by atoms with Crippen LogP contribution in [0.15, 0.2) is 29.2 Å². The molecule has 9 heteroatoms. The van der Waals surface area contributed by atoms with Gasteiger partial charge in [-0.25, -0.2) is 8.42 Å². The molecule has 2 rings (SSSR count). The van der Waals surface area contributed by atoms with Gasteiger partial charge in [-0.3, -0.25) is 9.59 Å². The molecule has 1 amide bonds. The summed E-state index contributed by atoms with van der Waals surface area (Å²) in [5, 5.41) is 2.84. The zero-order valence-electron chi connectivity index (χ0n) is 14.8. The normalized spacial score (nSPS) is 15.9. The minimum Gasteiger partial charge on any atom is -0.356 e. The Morgan fingerprint density at radius 2 is 1.77 bits per heavy atom. The Morgan fingerprint density at radius 1 is 1.19 bits per heavy atom. The molecule has 0 saturated carbocycles. The molecule has 1 aliphatic rings. The van der Waals surface area contributed by atoms with Gasteiger partial charge in [-0.2, -0.15) is 4.31 Å². The maximum Gasteiger partial charge on any atom is 0.243 e. The van der Waals surface area contributed by atoms with Crippen molar-refractivity contribution in [3.8, 4) is 0 Å². The van der Waals surface area contributed by atoms with Crippen molar-refractivity contribution in [2.75, 3.05) is 26.2 Å². The first-order valence-electron chi connectivity index (χ1n) is 8.45. The zero-order chi connectivity index (χ0) is 18.4. The number of benzene rings is 1. The molecule has 3 N–H and O–H groups in total. The number of Topliss-reactive ketones (excluding diaryl/α,β-unsaturated/α-hetero) is 1. The smallest absolute Gasteiger partial charge is 0.243 e. The van der Waals surface area contributed by atoms with Crippen LogP contribution in [0.1, 0.15) is 36.5 Å². The largest absolute Gasteiger partial charge is 0.356 e. The third-order valence-corrected chi connectivity index (χ3v) is 6.32. The lowest BCUT2D eigenvalue weighted by Gasteiger charge is -2.30. The summed E-state index contributed by atoms with van der Waals surface area (Å²) < 4.78 is 26.8. The molecule has 146 valence electrons. The number of halogens is 1. The Labute approximate surface area is 160 Å². The van der Waals surface area contributed by atoms with Crippen molar-refractivity contribution in [3.63, 3.8) is 0 Å². The number of hydrogen-bond donors (Lipinski definition) is 2. The van der Waals surface area contributed by atoms with Crippen molar-refractivity contribution in [1.29, 1.82) is 0 Å². The fraction of sp³-hybridized carbons (Fsp3) is 0.529. The van der Waals surface area contributed by atoms with Gasteiger partial charge in [-0.05, 0) is 44.9 Å². The number of nitrogens with two attached hydrogens (primary N) is 1. The Kier molecular flexibility index (Phi) is 8.69. The van der Waals surface area contributed by atoms with E-state index in [9.17, 15) is 18.0 Å². The molecule has 1 aromatic rings. The van der Waals surface area contributed by atoms with Crippen molar-refractivity contribution in [1.82, 2.24) is 9.62 Å². The van der Waals surface area contributed by atoms with Gasteiger partial charge in [0.1, 0.15) is 0 Å². The molecule has 0 radical (unpaired) electrons. The highest BCUT2D eigenvalue weighted by molar-refractivity contribution is 7.89. The minimum absolute atomic E-state index is 0. The topological polar surface area (TPSA) is 110 Å². The number of piperidine rings is 1. The van der Waals surface area contributed by atoms with E-state index >= 15 is 0 Å². The number of carbonyl (C=O) groups excluding carboxylic acids is 2. The first-order valence-corrected chi connectivity index (χ1v) is 9.89. The van der Waals surface area contributed by atoms with Gasteiger partial charge in [0, 0.05) is 31.1 Å². The molecule has 26 heavy (non-hydrogen) atoms. The highest BCUT2D eigenvalue weighted by Crippen LogP contribution is 2.24. The zero-order valence-corrected chi connectivity index (χ0v) is 16.4. The van der Waals surface area contributed by atoms with Crippen LogP contribution in [-0.4, -0.2) is 50.6 Å². The summed E-state index contributed by atoms with van der Waals surface area (Å²) in [6.45, 7) is 3.14. The number of amides is 1. The van der Waals surface area contributed by atoms with Crippen LogP contribution in [0.2, 0.25) is 0 Å². The molecule has 1 fully saturated rings. The van der Waals surface area contributed by atoms with Crippen molar-refractivity contribution in [2.45, 2.75) is 31.1 Å². The van der Waals surface area contributed by atoms with Gasteiger partial charge in [0.05, 0.1) is 4.90 Å². The predicted molar refractivity (Wildman–Crippen MR) is 102 cm³/mol. The molecule has 0 atom stereocenters. The van der Waals surface area contributed by atoms with Gasteiger partial charge in [0.15, 0.2) is 5.78 Å². The monoisotopic (exact) mass is 403 g/mol. The molecule has 1 heterocycles. The average molecular weight is 404 g/mol. The number of nitrogens with zero attached hydrogens (tertiary/aromatic N) is 1. The number of hydrogen-bond acceptors (Lipinski definition) is 5. The van der Waals surface area contributed by atoms with Gasteiger partial charge < -0.3 is 11.1 Å². The van der Waals surface area contributed by atoms with E-state index in [4.69, 9.17) is 5.73 Å². The Bertz CT molecular complexity index is 714. The third kappa shape index (κ3) is 5.51. The summed E-state index contributed by atoms with van der Waals surface area (Å²) in [6.07, 6.45) is 1.73. The second-order valence-electron chi connectivity index (χ2n) is 6.19.